The van der Waals surface area contributed by atoms with E-state index in [-0.39, 0.29) is 5.91 Å². The molecule has 1 N–H and O–H groups in total. The van der Waals surface area contributed by atoms with E-state index in [2.05, 4.69) is 15.3 Å². The SMILES string of the molecule is O=C(NCCc1cn2ccsc2n1)c1ccc2nc(C3CC3)oc2c1. The number of nitrogens with zero attached hydrogens (tertiary/aromatic N) is 3. The number of imidazole rings is 1. The zero-order chi connectivity index (χ0) is 16.8. The lowest BCUT2D eigenvalue weighted by molar-refractivity contribution is 0.0954. The first-order chi connectivity index (χ1) is 12.3. The van der Waals surface area contributed by atoms with Gasteiger partial charge in [0.2, 0.25) is 0 Å². The fraction of sp³-hybridized carbons (Fsp3) is 0.278. The standard InChI is InChI=1S/C18H16N4O2S/c23-16(19-6-5-13-10-22-7-8-25-18(22)20-13)12-3-4-14-15(9-12)24-17(21-14)11-1-2-11/h3-4,7-11H,1-2,5-6H2,(H,19,23). The van der Waals surface area contributed by atoms with Crippen molar-refractivity contribution in [1.82, 2.24) is 19.7 Å². The van der Waals surface area contributed by atoms with Crippen LogP contribution in [0, 0.1) is 0 Å². The number of hydrogen-bond acceptors (Lipinski definition) is 5. The summed E-state index contributed by atoms with van der Waals surface area (Å²) < 4.78 is 7.78. The Bertz CT molecular complexity index is 1040. The zero-order valence-corrected chi connectivity index (χ0v) is 14.3. The van der Waals surface area contributed by atoms with Crippen LogP contribution in [0.2, 0.25) is 0 Å². The number of hydrogen-bond donors (Lipinski definition) is 1. The van der Waals surface area contributed by atoms with Gasteiger partial charge in [0.05, 0.1) is 5.69 Å². The Hall–Kier alpha value is -2.67. The second-order valence-corrected chi connectivity index (χ2v) is 7.21. The fourth-order valence-corrected chi connectivity index (χ4v) is 3.61. The first-order valence-corrected chi connectivity index (χ1v) is 9.24. The van der Waals surface area contributed by atoms with Gasteiger partial charge in [0.25, 0.3) is 5.91 Å². The molecule has 4 aromatic rings. The maximum absolute atomic E-state index is 12.4. The van der Waals surface area contributed by atoms with E-state index in [4.69, 9.17) is 4.42 Å². The number of fused-ring (bicyclic) bond motifs is 2. The summed E-state index contributed by atoms with van der Waals surface area (Å²) in [6.07, 6.45) is 6.98. The molecule has 0 bridgehead atoms. The number of benzene rings is 1. The van der Waals surface area contributed by atoms with Crippen molar-refractivity contribution in [2.45, 2.75) is 25.2 Å². The quantitative estimate of drug-likeness (QED) is 0.598. The lowest BCUT2D eigenvalue weighted by atomic mass is 10.2. The molecule has 1 aliphatic rings. The molecule has 0 spiro atoms. The van der Waals surface area contributed by atoms with Gasteiger partial charge >= 0.3 is 0 Å². The maximum Gasteiger partial charge on any atom is 0.251 e. The van der Waals surface area contributed by atoms with E-state index < -0.39 is 0 Å². The lowest BCUT2D eigenvalue weighted by Crippen LogP contribution is -2.25. The van der Waals surface area contributed by atoms with E-state index >= 15 is 0 Å². The van der Waals surface area contributed by atoms with Crippen molar-refractivity contribution < 1.29 is 9.21 Å². The Kier molecular flexibility index (Phi) is 3.34. The number of carbonyl (C=O) groups excluding carboxylic acids is 1. The van der Waals surface area contributed by atoms with Gasteiger partial charge in [-0.05, 0) is 31.0 Å². The number of carbonyl (C=O) groups is 1. The van der Waals surface area contributed by atoms with E-state index in [9.17, 15) is 4.79 Å². The minimum absolute atomic E-state index is 0.104. The van der Waals surface area contributed by atoms with Crippen LogP contribution in [0.1, 0.15) is 40.7 Å². The van der Waals surface area contributed by atoms with Crippen molar-refractivity contribution in [1.29, 1.82) is 0 Å². The molecule has 0 unspecified atom stereocenters. The van der Waals surface area contributed by atoms with Gasteiger partial charge < -0.3 is 9.73 Å². The van der Waals surface area contributed by atoms with Crippen LogP contribution in [0.4, 0.5) is 0 Å². The van der Waals surface area contributed by atoms with Crippen molar-refractivity contribution in [2.75, 3.05) is 6.54 Å². The predicted molar refractivity (Wildman–Crippen MR) is 95.1 cm³/mol. The minimum Gasteiger partial charge on any atom is -0.440 e. The van der Waals surface area contributed by atoms with Crippen molar-refractivity contribution in [3.8, 4) is 0 Å². The summed E-state index contributed by atoms with van der Waals surface area (Å²) >= 11 is 1.60. The highest BCUT2D eigenvalue weighted by Gasteiger charge is 2.29. The molecule has 3 aromatic heterocycles. The van der Waals surface area contributed by atoms with Gasteiger partial charge in [-0.1, -0.05) is 0 Å². The molecule has 7 heteroatoms. The normalized spacial score (nSPS) is 14.4. The van der Waals surface area contributed by atoms with E-state index in [0.717, 1.165) is 34.9 Å². The van der Waals surface area contributed by atoms with Crippen LogP contribution >= 0.6 is 11.3 Å². The molecule has 1 amide bonds. The van der Waals surface area contributed by atoms with Crippen LogP contribution in [0.5, 0.6) is 0 Å². The molecule has 0 aliphatic heterocycles. The molecule has 25 heavy (non-hydrogen) atoms. The van der Waals surface area contributed by atoms with Crippen LogP contribution in [-0.2, 0) is 6.42 Å². The topological polar surface area (TPSA) is 72.4 Å². The van der Waals surface area contributed by atoms with Crippen molar-refractivity contribution in [3.05, 3.63) is 53.1 Å². The third-order valence-corrected chi connectivity index (χ3v) is 5.17. The van der Waals surface area contributed by atoms with Crippen molar-refractivity contribution in [2.24, 2.45) is 0 Å². The summed E-state index contributed by atoms with van der Waals surface area (Å²) in [5.74, 6) is 1.16. The fourth-order valence-electron chi connectivity index (χ4n) is 2.89. The maximum atomic E-state index is 12.4. The van der Waals surface area contributed by atoms with Gasteiger partial charge in [-0.25, -0.2) is 9.97 Å². The number of amides is 1. The molecule has 5 rings (SSSR count). The Balaban J connectivity index is 1.25. The van der Waals surface area contributed by atoms with Gasteiger partial charge in [0, 0.05) is 42.2 Å². The summed E-state index contributed by atoms with van der Waals surface area (Å²) in [7, 11) is 0. The number of thiazole rings is 1. The highest BCUT2D eigenvalue weighted by atomic mass is 32.1. The lowest BCUT2D eigenvalue weighted by Gasteiger charge is -2.03. The average Bonchev–Trinajstić information content (AvgIpc) is 3.04. The monoisotopic (exact) mass is 352 g/mol. The molecule has 0 radical (unpaired) electrons. The molecule has 0 atom stereocenters. The predicted octanol–water partition coefficient (Wildman–Crippen LogP) is 3.39. The summed E-state index contributed by atoms with van der Waals surface area (Å²) in [4.78, 5) is 22.3. The van der Waals surface area contributed by atoms with E-state index in [1.165, 1.54) is 0 Å². The Morgan fingerprint density at radius 2 is 2.28 bits per heavy atom. The zero-order valence-electron chi connectivity index (χ0n) is 13.4. The first-order valence-electron chi connectivity index (χ1n) is 8.36. The molecule has 1 fully saturated rings. The van der Waals surface area contributed by atoms with Crippen LogP contribution in [0.3, 0.4) is 0 Å². The van der Waals surface area contributed by atoms with E-state index in [0.29, 0.717) is 30.0 Å². The summed E-state index contributed by atoms with van der Waals surface area (Å²) in [6, 6.07) is 5.42. The third-order valence-electron chi connectivity index (χ3n) is 4.40. The second kappa shape index (κ2) is 5.70. The van der Waals surface area contributed by atoms with Crippen molar-refractivity contribution >= 4 is 33.3 Å². The van der Waals surface area contributed by atoms with Gasteiger partial charge in [0.1, 0.15) is 5.52 Å². The number of oxazole rings is 1. The molecular formula is C18H16N4O2S. The summed E-state index contributed by atoms with van der Waals surface area (Å²) in [5.41, 5.74) is 3.07. The van der Waals surface area contributed by atoms with E-state index in [1.807, 2.05) is 28.2 Å². The molecule has 1 aliphatic carbocycles. The molecule has 0 saturated heterocycles. The van der Waals surface area contributed by atoms with Crippen LogP contribution in [-0.4, -0.2) is 26.8 Å². The molecular weight excluding hydrogens is 336 g/mol. The van der Waals surface area contributed by atoms with Gasteiger partial charge in [-0.3, -0.25) is 9.20 Å². The summed E-state index contributed by atoms with van der Waals surface area (Å²) in [6.45, 7) is 0.547. The van der Waals surface area contributed by atoms with Gasteiger partial charge in [0.15, 0.2) is 16.4 Å². The smallest absolute Gasteiger partial charge is 0.251 e. The van der Waals surface area contributed by atoms with Crippen LogP contribution in [0.15, 0.2) is 40.4 Å². The average molecular weight is 352 g/mol. The largest absolute Gasteiger partial charge is 0.440 e. The van der Waals surface area contributed by atoms with Crippen LogP contribution < -0.4 is 5.32 Å². The number of rotatable bonds is 5. The summed E-state index contributed by atoms with van der Waals surface area (Å²) in [5, 5.41) is 4.95. The number of nitrogens with one attached hydrogen (secondary N) is 1. The third kappa shape index (κ3) is 2.80. The minimum atomic E-state index is -0.104. The molecule has 3 heterocycles. The van der Waals surface area contributed by atoms with E-state index in [1.54, 1.807) is 23.5 Å². The number of aromatic nitrogens is 3. The second-order valence-electron chi connectivity index (χ2n) is 6.34. The van der Waals surface area contributed by atoms with Crippen molar-refractivity contribution in [3.63, 3.8) is 0 Å². The Labute approximate surface area is 147 Å². The van der Waals surface area contributed by atoms with Crippen LogP contribution in [0.25, 0.3) is 16.1 Å². The van der Waals surface area contributed by atoms with Gasteiger partial charge in [-0.15, -0.1) is 11.3 Å². The Morgan fingerprint density at radius 3 is 3.12 bits per heavy atom. The molecule has 6 nitrogen and oxygen atoms in total. The van der Waals surface area contributed by atoms with Gasteiger partial charge in [-0.2, -0.15) is 0 Å². The molecule has 1 saturated carbocycles. The Morgan fingerprint density at radius 1 is 1.36 bits per heavy atom. The highest BCUT2D eigenvalue weighted by Crippen LogP contribution is 2.40. The highest BCUT2D eigenvalue weighted by molar-refractivity contribution is 7.15. The first kappa shape index (κ1) is 14.7. The molecule has 126 valence electrons. The molecule has 1 aromatic carbocycles.